The van der Waals surface area contributed by atoms with Gasteiger partial charge in [0.25, 0.3) is 5.91 Å². The Labute approximate surface area is 206 Å². The van der Waals surface area contributed by atoms with Crippen LogP contribution in [-0.4, -0.2) is 37.1 Å². The van der Waals surface area contributed by atoms with Crippen LogP contribution in [0.5, 0.6) is 11.5 Å². The molecule has 0 saturated heterocycles. The van der Waals surface area contributed by atoms with Gasteiger partial charge in [-0.1, -0.05) is 6.07 Å². The van der Waals surface area contributed by atoms with Crippen LogP contribution in [0, 0.1) is 0 Å². The van der Waals surface area contributed by atoms with Crippen molar-refractivity contribution in [2.24, 2.45) is 0 Å². The van der Waals surface area contributed by atoms with Gasteiger partial charge < -0.3 is 19.1 Å². The van der Waals surface area contributed by atoms with Gasteiger partial charge in [-0.2, -0.15) is 0 Å². The van der Waals surface area contributed by atoms with Gasteiger partial charge in [0.15, 0.2) is 11.5 Å². The van der Waals surface area contributed by atoms with Crippen molar-refractivity contribution in [2.75, 3.05) is 26.0 Å². The van der Waals surface area contributed by atoms with Crippen molar-refractivity contribution < 1.29 is 14.3 Å². The van der Waals surface area contributed by atoms with Crippen molar-refractivity contribution in [3.8, 4) is 32.4 Å². The molecule has 1 aliphatic heterocycles. The number of carbonyl (C=O) groups excluding carboxylic acids is 1. The molecule has 172 valence electrons. The number of ether oxygens (including phenoxy) is 2. The maximum absolute atomic E-state index is 12.2. The number of nitrogens with zero attached hydrogens (tertiary/aromatic N) is 2. The molecule has 0 bridgehead atoms. The number of nitrogens with one attached hydrogen (secondary N) is 1. The van der Waals surface area contributed by atoms with Crippen LogP contribution in [0.25, 0.3) is 20.9 Å². The molecule has 0 fully saturated rings. The highest BCUT2D eigenvalue weighted by molar-refractivity contribution is 8.00. The topological polar surface area (TPSA) is 63.7 Å². The maximum Gasteiger partial charge on any atom is 0.254 e. The number of anilines is 1. The quantitative estimate of drug-likeness (QED) is 0.312. The number of methoxy groups -OCH3 is 2. The first kappa shape index (κ1) is 22.3. The molecule has 0 spiro atoms. The van der Waals surface area contributed by atoms with E-state index in [2.05, 4.69) is 34.0 Å². The van der Waals surface area contributed by atoms with E-state index in [0.29, 0.717) is 18.0 Å². The van der Waals surface area contributed by atoms with Gasteiger partial charge in [0, 0.05) is 45.6 Å². The molecule has 1 amide bonds. The molecule has 5 rings (SSSR count). The second kappa shape index (κ2) is 9.40. The minimum Gasteiger partial charge on any atom is -0.493 e. The lowest BCUT2D eigenvalue weighted by atomic mass is 10.1. The summed E-state index contributed by atoms with van der Waals surface area (Å²) in [6.07, 6.45) is 3.68. The standard InChI is InChI=1S/C26H23N3O3S2/c1-29-15-18-10-16(4-6-21(18)26(29)30)24-8-9-25(33-24)17-11-19(14-27-13-17)28-34-20-5-7-22(31-2)23(12-20)32-3/h4-14,28H,15H2,1-3H3. The summed E-state index contributed by atoms with van der Waals surface area (Å²) in [5.41, 5.74) is 4.97. The number of hydrogen-bond donors (Lipinski definition) is 1. The van der Waals surface area contributed by atoms with Gasteiger partial charge in [0.05, 0.1) is 26.1 Å². The second-order valence-corrected chi connectivity index (χ2v) is 9.84. The predicted molar refractivity (Wildman–Crippen MR) is 138 cm³/mol. The Morgan fingerprint density at radius 1 is 0.941 bits per heavy atom. The second-order valence-electron chi connectivity index (χ2n) is 7.88. The van der Waals surface area contributed by atoms with Gasteiger partial charge in [0.2, 0.25) is 0 Å². The van der Waals surface area contributed by atoms with E-state index in [0.717, 1.165) is 42.6 Å². The molecule has 8 heteroatoms. The smallest absolute Gasteiger partial charge is 0.254 e. The molecule has 1 N–H and O–H groups in total. The Morgan fingerprint density at radius 3 is 2.53 bits per heavy atom. The SMILES string of the molecule is COc1ccc(SNc2cncc(-c3ccc(-c4ccc5c(c4)CN(C)C5=O)s3)c2)cc1OC. The molecule has 0 unspecified atom stereocenters. The summed E-state index contributed by atoms with van der Waals surface area (Å²) in [5, 5.41) is 0. The third-order valence-electron chi connectivity index (χ3n) is 5.64. The molecule has 34 heavy (non-hydrogen) atoms. The molecule has 2 aromatic carbocycles. The molecule has 1 aliphatic rings. The minimum absolute atomic E-state index is 0.0924. The van der Waals surface area contributed by atoms with E-state index >= 15 is 0 Å². The normalized spacial score (nSPS) is 12.6. The Bertz CT molecular complexity index is 1370. The van der Waals surface area contributed by atoms with Crippen LogP contribution < -0.4 is 14.2 Å². The van der Waals surface area contributed by atoms with Crippen molar-refractivity contribution in [3.05, 3.63) is 78.1 Å². The van der Waals surface area contributed by atoms with Crippen LogP contribution in [0.2, 0.25) is 0 Å². The van der Waals surface area contributed by atoms with Crippen LogP contribution in [-0.2, 0) is 6.54 Å². The first-order valence-corrected chi connectivity index (χ1v) is 12.3. The van der Waals surface area contributed by atoms with Crippen LogP contribution in [0.15, 0.2) is 71.9 Å². The highest BCUT2D eigenvalue weighted by Gasteiger charge is 2.24. The monoisotopic (exact) mass is 489 g/mol. The summed E-state index contributed by atoms with van der Waals surface area (Å²) < 4.78 is 14.0. The molecule has 0 aliphatic carbocycles. The van der Waals surface area contributed by atoms with E-state index in [9.17, 15) is 4.79 Å². The number of amides is 1. The zero-order valence-corrected chi connectivity index (χ0v) is 20.6. The fourth-order valence-electron chi connectivity index (χ4n) is 3.90. The number of hydrogen-bond acceptors (Lipinski definition) is 7. The first-order valence-electron chi connectivity index (χ1n) is 10.6. The van der Waals surface area contributed by atoms with Crippen LogP contribution in [0.3, 0.4) is 0 Å². The van der Waals surface area contributed by atoms with Crippen LogP contribution in [0.1, 0.15) is 15.9 Å². The van der Waals surface area contributed by atoms with E-state index in [1.54, 1.807) is 36.7 Å². The average molecular weight is 490 g/mol. The Kier molecular flexibility index (Phi) is 6.17. The Hall–Kier alpha value is -3.49. The summed E-state index contributed by atoms with van der Waals surface area (Å²) in [7, 11) is 5.09. The zero-order chi connectivity index (χ0) is 23.7. The van der Waals surface area contributed by atoms with Crippen molar-refractivity contribution >= 4 is 34.9 Å². The molecule has 0 saturated carbocycles. The first-order chi connectivity index (χ1) is 16.6. The fraction of sp³-hybridized carbons (Fsp3) is 0.154. The van der Waals surface area contributed by atoms with Gasteiger partial charge in [-0.05, 0) is 71.6 Å². The lowest BCUT2D eigenvalue weighted by molar-refractivity contribution is 0.0816. The molecule has 6 nitrogen and oxygen atoms in total. The van der Waals surface area contributed by atoms with Crippen molar-refractivity contribution in [1.29, 1.82) is 0 Å². The Balaban J connectivity index is 1.32. The van der Waals surface area contributed by atoms with E-state index in [1.165, 1.54) is 11.9 Å². The summed E-state index contributed by atoms with van der Waals surface area (Å²) in [6, 6.07) is 18.2. The third-order valence-corrected chi connectivity index (χ3v) is 7.66. The van der Waals surface area contributed by atoms with Crippen molar-refractivity contribution in [1.82, 2.24) is 9.88 Å². The molecule has 0 radical (unpaired) electrons. The molecule has 0 atom stereocenters. The predicted octanol–water partition coefficient (Wildman–Crippen LogP) is 6.20. The largest absolute Gasteiger partial charge is 0.493 e. The van der Waals surface area contributed by atoms with Gasteiger partial charge in [-0.25, -0.2) is 0 Å². The number of carbonyl (C=O) groups is 1. The zero-order valence-electron chi connectivity index (χ0n) is 19.0. The van der Waals surface area contributed by atoms with E-state index in [1.807, 2.05) is 43.6 Å². The molecule has 3 heterocycles. The number of rotatable bonds is 7. The summed E-state index contributed by atoms with van der Waals surface area (Å²) in [4.78, 5) is 21.6. The van der Waals surface area contributed by atoms with E-state index in [-0.39, 0.29) is 5.91 Å². The van der Waals surface area contributed by atoms with Gasteiger partial charge >= 0.3 is 0 Å². The molecular formula is C26H23N3O3S2. The van der Waals surface area contributed by atoms with Crippen LogP contribution >= 0.6 is 23.3 Å². The lowest BCUT2D eigenvalue weighted by Crippen LogP contribution is -2.17. The number of fused-ring (bicyclic) bond motifs is 1. The summed E-state index contributed by atoms with van der Waals surface area (Å²) in [5.74, 6) is 1.48. The van der Waals surface area contributed by atoms with Crippen LogP contribution in [0.4, 0.5) is 5.69 Å². The number of thiophene rings is 1. The number of pyridine rings is 1. The highest BCUT2D eigenvalue weighted by Crippen LogP contribution is 2.37. The third kappa shape index (κ3) is 4.34. The maximum atomic E-state index is 12.2. The fourth-order valence-corrected chi connectivity index (χ4v) is 5.53. The molecule has 2 aromatic heterocycles. The average Bonchev–Trinajstić information content (AvgIpc) is 3.47. The highest BCUT2D eigenvalue weighted by atomic mass is 32.2. The van der Waals surface area contributed by atoms with Gasteiger partial charge in [-0.3, -0.25) is 9.78 Å². The van der Waals surface area contributed by atoms with Gasteiger partial charge in [0.1, 0.15) is 0 Å². The van der Waals surface area contributed by atoms with Gasteiger partial charge in [-0.15, -0.1) is 11.3 Å². The number of benzene rings is 2. The molecule has 4 aromatic rings. The van der Waals surface area contributed by atoms with Crippen molar-refractivity contribution in [2.45, 2.75) is 11.4 Å². The van der Waals surface area contributed by atoms with E-state index < -0.39 is 0 Å². The minimum atomic E-state index is 0.0924. The summed E-state index contributed by atoms with van der Waals surface area (Å²) >= 11 is 3.20. The molecular weight excluding hydrogens is 466 g/mol. The summed E-state index contributed by atoms with van der Waals surface area (Å²) in [6.45, 7) is 0.662. The van der Waals surface area contributed by atoms with Crippen molar-refractivity contribution in [3.63, 3.8) is 0 Å². The Morgan fingerprint density at radius 2 is 1.74 bits per heavy atom. The number of aromatic nitrogens is 1. The lowest BCUT2D eigenvalue weighted by Gasteiger charge is -2.10. The van der Waals surface area contributed by atoms with E-state index in [4.69, 9.17) is 9.47 Å².